The van der Waals surface area contributed by atoms with E-state index in [9.17, 15) is 9.59 Å². The van der Waals surface area contributed by atoms with Gasteiger partial charge in [0.05, 0.1) is 11.0 Å². The van der Waals surface area contributed by atoms with Gasteiger partial charge in [0, 0.05) is 29.7 Å². The number of amides is 2. The first-order valence-electron chi connectivity index (χ1n) is 13.8. The van der Waals surface area contributed by atoms with E-state index < -0.39 is 11.5 Å². The lowest BCUT2D eigenvalue weighted by atomic mass is 9.91. The Morgan fingerprint density at radius 2 is 1.98 bits per heavy atom. The van der Waals surface area contributed by atoms with Crippen LogP contribution in [0.3, 0.4) is 0 Å². The van der Waals surface area contributed by atoms with Gasteiger partial charge in [0.25, 0.3) is 5.91 Å². The minimum absolute atomic E-state index is 0.249. The number of benzene rings is 2. The largest absolute Gasteiger partial charge is 0.484 e. The van der Waals surface area contributed by atoms with Gasteiger partial charge in [-0.1, -0.05) is 35.9 Å². The van der Waals surface area contributed by atoms with Gasteiger partial charge in [-0.05, 0) is 76.6 Å². The molecular formula is C31H35ClN4O4S. The number of carbonyl (C=O) groups excluding carboxylic acids is 2. The van der Waals surface area contributed by atoms with Crippen molar-refractivity contribution in [3.05, 3.63) is 75.9 Å². The highest BCUT2D eigenvalue weighted by atomic mass is 35.5. The summed E-state index contributed by atoms with van der Waals surface area (Å²) < 4.78 is 13.8. The number of rotatable bonds is 7. The Hall–Kier alpha value is -3.56. The quantitative estimate of drug-likeness (QED) is 0.244. The molecule has 8 nitrogen and oxygen atoms in total. The fourth-order valence-electron chi connectivity index (χ4n) is 5.21. The van der Waals surface area contributed by atoms with Crippen molar-refractivity contribution in [2.75, 3.05) is 13.1 Å². The van der Waals surface area contributed by atoms with Crippen LogP contribution in [-0.2, 0) is 11.2 Å². The number of nitrogens with zero attached hydrogens (tertiary/aromatic N) is 3. The Morgan fingerprint density at radius 1 is 1.20 bits per heavy atom. The van der Waals surface area contributed by atoms with E-state index in [1.165, 1.54) is 11.3 Å². The second kappa shape index (κ2) is 11.7. The van der Waals surface area contributed by atoms with Crippen LogP contribution in [0.1, 0.15) is 67.4 Å². The lowest BCUT2D eigenvalue weighted by Gasteiger charge is -2.34. The van der Waals surface area contributed by atoms with E-state index in [1.54, 1.807) is 6.33 Å². The number of carbonyl (C=O) groups is 2. The van der Waals surface area contributed by atoms with E-state index in [1.807, 2.05) is 73.6 Å². The second-order valence-electron chi connectivity index (χ2n) is 11.5. The second-order valence-corrected chi connectivity index (χ2v) is 12.9. The van der Waals surface area contributed by atoms with Gasteiger partial charge in [-0.15, -0.1) is 11.3 Å². The maximum atomic E-state index is 12.6. The van der Waals surface area contributed by atoms with Crippen molar-refractivity contribution < 1.29 is 19.1 Å². The molecule has 0 radical (unpaired) electrons. The number of fused-ring (bicyclic) bond motifs is 1. The highest BCUT2D eigenvalue weighted by molar-refractivity contribution is 7.16. The number of piperidine rings is 1. The summed E-state index contributed by atoms with van der Waals surface area (Å²) in [5, 5.41) is 1.37. The number of nitrogens with two attached hydrogens (primary N) is 1. The van der Waals surface area contributed by atoms with Crippen LogP contribution in [0.15, 0.2) is 54.9 Å². The molecule has 1 saturated heterocycles. The zero-order valence-electron chi connectivity index (χ0n) is 23.7. The molecule has 0 saturated carbocycles. The van der Waals surface area contributed by atoms with Crippen molar-refractivity contribution in [2.24, 2.45) is 11.7 Å². The zero-order chi connectivity index (χ0) is 29.3. The molecule has 2 aromatic heterocycles. The predicted molar refractivity (Wildman–Crippen MR) is 162 cm³/mol. The van der Waals surface area contributed by atoms with Crippen molar-refractivity contribution in [1.29, 1.82) is 0 Å². The van der Waals surface area contributed by atoms with Gasteiger partial charge < -0.3 is 20.1 Å². The van der Waals surface area contributed by atoms with Crippen LogP contribution in [0, 0.1) is 5.92 Å². The predicted octanol–water partition coefficient (Wildman–Crippen LogP) is 7.17. The van der Waals surface area contributed by atoms with Gasteiger partial charge in [-0.3, -0.25) is 9.36 Å². The normalized spacial score (nSPS) is 16.5. The Morgan fingerprint density at radius 3 is 2.71 bits per heavy atom. The van der Waals surface area contributed by atoms with E-state index in [2.05, 4.69) is 17.1 Å². The number of halogens is 1. The summed E-state index contributed by atoms with van der Waals surface area (Å²) >= 11 is 7.63. The van der Waals surface area contributed by atoms with Gasteiger partial charge in [-0.25, -0.2) is 9.78 Å². The Kier molecular flexibility index (Phi) is 8.29. The third kappa shape index (κ3) is 6.68. The Labute approximate surface area is 249 Å². The van der Waals surface area contributed by atoms with Crippen LogP contribution in [-0.4, -0.2) is 45.1 Å². The molecule has 2 amide bonds. The van der Waals surface area contributed by atoms with Crippen molar-refractivity contribution in [3.8, 4) is 10.8 Å². The van der Waals surface area contributed by atoms with Gasteiger partial charge in [0.1, 0.15) is 33.7 Å². The summed E-state index contributed by atoms with van der Waals surface area (Å²) in [5.41, 5.74) is 8.97. The number of aromatic nitrogens is 2. The van der Waals surface area contributed by atoms with Crippen LogP contribution in [0.5, 0.6) is 5.75 Å². The molecule has 2 N–H and O–H groups in total. The summed E-state index contributed by atoms with van der Waals surface area (Å²) in [6, 6.07) is 15.5. The first-order chi connectivity index (χ1) is 19.5. The molecular weight excluding hydrogens is 560 g/mol. The Balaban J connectivity index is 1.37. The lowest BCUT2D eigenvalue weighted by Crippen LogP contribution is -2.43. The molecule has 0 aliphatic carbocycles. The smallest absolute Gasteiger partial charge is 0.410 e. The van der Waals surface area contributed by atoms with Gasteiger partial charge in [0.15, 0.2) is 0 Å². The molecule has 4 aromatic rings. The van der Waals surface area contributed by atoms with Crippen molar-refractivity contribution in [3.63, 3.8) is 0 Å². The maximum absolute atomic E-state index is 12.6. The number of ether oxygens (including phenoxy) is 2. The molecule has 0 spiro atoms. The van der Waals surface area contributed by atoms with E-state index in [0.717, 1.165) is 53.0 Å². The molecule has 0 unspecified atom stereocenters. The SMILES string of the molecule is C[C@@H](Oc1cc(-n2cnc3ccc(C[C@@H]4CCCN(C(=O)OC(C)(C)C)C4)cc32)sc1C(N)=O)c1ccccc1Cl. The van der Waals surface area contributed by atoms with E-state index in [4.69, 9.17) is 26.8 Å². The number of hydrogen-bond donors (Lipinski definition) is 1. The number of likely N-dealkylation sites (tertiary alicyclic amines) is 1. The molecule has 1 aliphatic rings. The molecule has 3 heterocycles. The summed E-state index contributed by atoms with van der Waals surface area (Å²) in [7, 11) is 0. The van der Waals surface area contributed by atoms with Gasteiger partial charge in [0.2, 0.25) is 0 Å². The highest BCUT2D eigenvalue weighted by Crippen LogP contribution is 2.37. The summed E-state index contributed by atoms with van der Waals surface area (Å²) in [5.74, 6) is 0.187. The van der Waals surface area contributed by atoms with Crippen LogP contribution < -0.4 is 10.5 Å². The molecule has 5 rings (SSSR count). The summed E-state index contributed by atoms with van der Waals surface area (Å²) in [4.78, 5) is 31.7. The van der Waals surface area contributed by atoms with E-state index in [0.29, 0.717) is 28.1 Å². The molecule has 1 aliphatic heterocycles. The van der Waals surface area contributed by atoms with Gasteiger partial charge >= 0.3 is 6.09 Å². The molecule has 1 fully saturated rings. The fourth-order valence-corrected chi connectivity index (χ4v) is 6.43. The number of thiophene rings is 1. The molecule has 41 heavy (non-hydrogen) atoms. The lowest BCUT2D eigenvalue weighted by molar-refractivity contribution is 0.0166. The number of imidazole rings is 1. The van der Waals surface area contributed by atoms with Crippen LogP contribution in [0.4, 0.5) is 4.79 Å². The first-order valence-corrected chi connectivity index (χ1v) is 15.0. The first kappa shape index (κ1) is 29.0. The number of hydrogen-bond acceptors (Lipinski definition) is 6. The molecule has 10 heteroatoms. The summed E-state index contributed by atoms with van der Waals surface area (Å²) in [6.45, 7) is 8.94. The standard InChI is InChI=1S/C31H35ClN4O4S/c1-19(22-9-5-6-10-23(22)32)39-26-16-27(41-28(26)29(33)37)36-18-34-24-12-11-20(15-25(24)36)14-21-8-7-13-35(17-21)30(38)40-31(2,3)4/h5-6,9-12,15-16,18-19,21H,7-8,13-14,17H2,1-4H3,(H2,33,37)/t19-,21+/m1/s1. The van der Waals surface area contributed by atoms with E-state index in [-0.39, 0.29) is 12.2 Å². The molecule has 2 atom stereocenters. The summed E-state index contributed by atoms with van der Waals surface area (Å²) in [6.07, 6.45) is 3.95. The van der Waals surface area contributed by atoms with Crippen molar-refractivity contribution in [1.82, 2.24) is 14.5 Å². The van der Waals surface area contributed by atoms with E-state index >= 15 is 0 Å². The molecule has 2 aromatic carbocycles. The molecule has 216 valence electrons. The maximum Gasteiger partial charge on any atom is 0.410 e. The third-order valence-electron chi connectivity index (χ3n) is 7.10. The van der Waals surface area contributed by atoms with Crippen molar-refractivity contribution in [2.45, 2.75) is 58.7 Å². The number of primary amides is 1. The minimum atomic E-state index is -0.556. The highest BCUT2D eigenvalue weighted by Gasteiger charge is 2.28. The monoisotopic (exact) mass is 594 g/mol. The molecule has 0 bridgehead atoms. The third-order valence-corrected chi connectivity index (χ3v) is 8.57. The van der Waals surface area contributed by atoms with Crippen LogP contribution in [0.2, 0.25) is 5.02 Å². The average molecular weight is 595 g/mol. The topological polar surface area (TPSA) is 99.7 Å². The van der Waals surface area contributed by atoms with Crippen molar-refractivity contribution >= 4 is 46.0 Å². The Bertz CT molecular complexity index is 1570. The van der Waals surface area contributed by atoms with Crippen LogP contribution >= 0.6 is 22.9 Å². The van der Waals surface area contributed by atoms with Gasteiger partial charge in [-0.2, -0.15) is 0 Å². The van der Waals surface area contributed by atoms with Crippen LogP contribution in [0.25, 0.3) is 16.0 Å². The minimum Gasteiger partial charge on any atom is -0.484 e. The fraction of sp³-hybridized carbons (Fsp3) is 0.387. The average Bonchev–Trinajstić information content (AvgIpc) is 3.52. The zero-order valence-corrected chi connectivity index (χ0v) is 25.3.